The van der Waals surface area contributed by atoms with E-state index in [9.17, 15) is 8.78 Å². The molecular weight excluding hydrogens is 362 g/mol. The van der Waals surface area contributed by atoms with Gasteiger partial charge >= 0.3 is 6.61 Å². The Kier molecular flexibility index (Phi) is 4.57. The molecule has 4 rings (SSSR count). The van der Waals surface area contributed by atoms with E-state index in [0.29, 0.717) is 24.1 Å². The number of ether oxygens (including phenoxy) is 3. The molecule has 1 aromatic heterocycles. The third kappa shape index (κ3) is 3.70. The Labute approximate surface area is 152 Å². The predicted octanol–water partition coefficient (Wildman–Crippen LogP) is 4.93. The van der Waals surface area contributed by atoms with Crippen LogP contribution in [0.1, 0.15) is 0 Å². The van der Waals surface area contributed by atoms with Crippen LogP contribution in [0, 0.1) is 0 Å². The molecule has 2 heterocycles. The molecule has 0 amide bonds. The van der Waals surface area contributed by atoms with Gasteiger partial charge in [0.1, 0.15) is 19.0 Å². The number of nitrogens with zero attached hydrogens (tertiary/aromatic N) is 1. The molecule has 0 saturated heterocycles. The predicted molar refractivity (Wildman–Crippen MR) is 94.9 cm³/mol. The second-order valence-electron chi connectivity index (χ2n) is 5.42. The Bertz CT molecular complexity index is 900. The first-order valence-electron chi connectivity index (χ1n) is 7.85. The minimum Gasteiger partial charge on any atom is -0.486 e. The largest absolute Gasteiger partial charge is 0.486 e. The van der Waals surface area contributed by atoms with Crippen LogP contribution in [0.5, 0.6) is 17.2 Å². The average molecular weight is 376 g/mol. The maximum Gasteiger partial charge on any atom is 0.387 e. The summed E-state index contributed by atoms with van der Waals surface area (Å²) in [5.41, 5.74) is 2.41. The molecule has 1 aliphatic heterocycles. The topological polar surface area (TPSA) is 52.6 Å². The summed E-state index contributed by atoms with van der Waals surface area (Å²) in [7, 11) is 0. The third-order valence-corrected chi connectivity index (χ3v) is 4.43. The quantitative estimate of drug-likeness (QED) is 0.685. The molecule has 0 fully saturated rings. The van der Waals surface area contributed by atoms with Gasteiger partial charge in [-0.3, -0.25) is 0 Å². The van der Waals surface area contributed by atoms with E-state index < -0.39 is 6.61 Å². The lowest BCUT2D eigenvalue weighted by molar-refractivity contribution is -0.0498. The van der Waals surface area contributed by atoms with E-state index >= 15 is 0 Å². The van der Waals surface area contributed by atoms with Crippen molar-refractivity contribution in [2.45, 2.75) is 6.61 Å². The lowest BCUT2D eigenvalue weighted by Gasteiger charge is -2.18. The van der Waals surface area contributed by atoms with Crippen LogP contribution in [0.25, 0.3) is 11.3 Å². The second-order valence-corrected chi connectivity index (χ2v) is 6.28. The summed E-state index contributed by atoms with van der Waals surface area (Å²) in [5, 5.41) is 5.83. The fourth-order valence-electron chi connectivity index (χ4n) is 2.52. The van der Waals surface area contributed by atoms with Gasteiger partial charge in [0.25, 0.3) is 0 Å². The van der Waals surface area contributed by atoms with Crippen LogP contribution in [0.3, 0.4) is 0 Å². The zero-order chi connectivity index (χ0) is 17.9. The normalized spacial score (nSPS) is 12.9. The van der Waals surface area contributed by atoms with E-state index in [2.05, 4.69) is 15.0 Å². The van der Waals surface area contributed by atoms with Crippen molar-refractivity contribution in [3.05, 3.63) is 47.8 Å². The lowest BCUT2D eigenvalue weighted by Crippen LogP contribution is -2.15. The van der Waals surface area contributed by atoms with Gasteiger partial charge in [0.15, 0.2) is 16.6 Å². The molecule has 1 N–H and O–H groups in total. The monoisotopic (exact) mass is 376 g/mol. The van der Waals surface area contributed by atoms with E-state index in [1.807, 2.05) is 23.6 Å². The molecule has 0 atom stereocenters. The van der Waals surface area contributed by atoms with Crippen molar-refractivity contribution in [3.63, 3.8) is 0 Å². The van der Waals surface area contributed by atoms with Gasteiger partial charge in [-0.2, -0.15) is 8.78 Å². The molecule has 2 aromatic carbocycles. The van der Waals surface area contributed by atoms with Crippen molar-refractivity contribution in [3.8, 4) is 28.5 Å². The summed E-state index contributed by atoms with van der Waals surface area (Å²) < 4.78 is 39.8. The fourth-order valence-corrected chi connectivity index (χ4v) is 3.26. The highest BCUT2D eigenvalue weighted by Crippen LogP contribution is 2.35. The Morgan fingerprint density at radius 2 is 1.81 bits per heavy atom. The molecule has 5 nitrogen and oxygen atoms in total. The van der Waals surface area contributed by atoms with Crippen molar-refractivity contribution < 1.29 is 23.0 Å². The van der Waals surface area contributed by atoms with Gasteiger partial charge < -0.3 is 19.5 Å². The van der Waals surface area contributed by atoms with Crippen molar-refractivity contribution in [1.29, 1.82) is 0 Å². The summed E-state index contributed by atoms with van der Waals surface area (Å²) in [6, 6.07) is 12.0. The van der Waals surface area contributed by atoms with Crippen molar-refractivity contribution >= 4 is 22.2 Å². The molecule has 0 radical (unpaired) electrons. The number of fused-ring (bicyclic) bond motifs is 1. The molecule has 1 aliphatic rings. The number of hydrogen-bond donors (Lipinski definition) is 1. The van der Waals surface area contributed by atoms with E-state index in [0.717, 1.165) is 22.7 Å². The van der Waals surface area contributed by atoms with Gasteiger partial charge in [-0.25, -0.2) is 4.98 Å². The number of halogens is 2. The first-order valence-corrected chi connectivity index (χ1v) is 8.73. The molecule has 0 bridgehead atoms. The molecule has 8 heteroatoms. The van der Waals surface area contributed by atoms with Crippen LogP contribution in [0.15, 0.2) is 47.8 Å². The second kappa shape index (κ2) is 7.17. The minimum absolute atomic E-state index is 0.119. The van der Waals surface area contributed by atoms with Crippen LogP contribution >= 0.6 is 11.3 Å². The van der Waals surface area contributed by atoms with E-state index in [-0.39, 0.29) is 5.75 Å². The number of alkyl halides is 2. The molecule has 26 heavy (non-hydrogen) atoms. The van der Waals surface area contributed by atoms with Gasteiger partial charge in [0, 0.05) is 22.7 Å². The van der Waals surface area contributed by atoms with Crippen LogP contribution in [0.2, 0.25) is 0 Å². The highest BCUT2D eigenvalue weighted by molar-refractivity contribution is 7.14. The zero-order valence-corrected chi connectivity index (χ0v) is 14.3. The fraction of sp³-hybridized carbons (Fsp3) is 0.167. The summed E-state index contributed by atoms with van der Waals surface area (Å²) in [5.74, 6) is 1.55. The number of benzene rings is 2. The first-order chi connectivity index (χ1) is 12.7. The molecule has 0 spiro atoms. The Balaban J connectivity index is 1.48. The maximum absolute atomic E-state index is 12.2. The number of aromatic nitrogens is 1. The lowest BCUT2D eigenvalue weighted by atomic mass is 10.2. The van der Waals surface area contributed by atoms with Crippen molar-refractivity contribution in [2.75, 3.05) is 18.5 Å². The summed E-state index contributed by atoms with van der Waals surface area (Å²) >= 11 is 1.45. The molecule has 134 valence electrons. The number of anilines is 2. The number of hydrogen-bond acceptors (Lipinski definition) is 6. The maximum atomic E-state index is 12.2. The number of nitrogens with one attached hydrogen (secondary N) is 1. The van der Waals surface area contributed by atoms with Gasteiger partial charge in [0.05, 0.1) is 5.69 Å². The van der Waals surface area contributed by atoms with E-state index in [4.69, 9.17) is 9.47 Å². The number of thiazole rings is 1. The van der Waals surface area contributed by atoms with Gasteiger partial charge in [-0.1, -0.05) is 0 Å². The third-order valence-electron chi connectivity index (χ3n) is 3.67. The molecule has 0 saturated carbocycles. The Morgan fingerprint density at radius 1 is 1.04 bits per heavy atom. The minimum atomic E-state index is -2.83. The molecule has 3 aromatic rings. The summed E-state index contributed by atoms with van der Waals surface area (Å²) in [4.78, 5) is 4.52. The van der Waals surface area contributed by atoms with Crippen molar-refractivity contribution in [1.82, 2.24) is 4.98 Å². The zero-order valence-electron chi connectivity index (χ0n) is 13.4. The van der Waals surface area contributed by atoms with Gasteiger partial charge in [0.2, 0.25) is 0 Å². The summed E-state index contributed by atoms with van der Waals surface area (Å²) in [6.07, 6.45) is 0. The molecule has 0 aliphatic carbocycles. The Hall–Kier alpha value is -2.87. The number of rotatable bonds is 5. The standard InChI is InChI=1S/C18H14F2N2O3S/c19-17(20)25-13-4-1-11(2-5-13)14-10-26-18(22-14)21-12-3-6-15-16(9-12)24-8-7-23-15/h1-6,9-10,17H,7-8H2,(H,21,22). The van der Waals surface area contributed by atoms with Crippen LogP contribution in [0.4, 0.5) is 19.6 Å². The van der Waals surface area contributed by atoms with Crippen molar-refractivity contribution in [2.24, 2.45) is 0 Å². The highest BCUT2D eigenvalue weighted by atomic mass is 32.1. The van der Waals surface area contributed by atoms with E-state index in [1.54, 1.807) is 12.1 Å². The SMILES string of the molecule is FC(F)Oc1ccc(-c2csc(Nc3ccc4c(c3)OCCO4)n2)cc1. The molecular formula is C18H14F2N2O3S. The highest BCUT2D eigenvalue weighted by Gasteiger charge is 2.13. The Morgan fingerprint density at radius 3 is 2.58 bits per heavy atom. The smallest absolute Gasteiger partial charge is 0.387 e. The van der Waals surface area contributed by atoms with Crippen LogP contribution < -0.4 is 19.5 Å². The van der Waals surface area contributed by atoms with Gasteiger partial charge in [-0.05, 0) is 36.4 Å². The average Bonchev–Trinajstić information content (AvgIpc) is 3.10. The summed E-state index contributed by atoms with van der Waals surface area (Å²) in [6.45, 7) is -1.75. The van der Waals surface area contributed by atoms with Crippen LogP contribution in [-0.4, -0.2) is 24.8 Å². The van der Waals surface area contributed by atoms with E-state index in [1.165, 1.54) is 23.5 Å². The van der Waals surface area contributed by atoms with Gasteiger partial charge in [-0.15, -0.1) is 11.3 Å². The first kappa shape index (κ1) is 16.6. The van der Waals surface area contributed by atoms with Crippen LogP contribution in [-0.2, 0) is 0 Å². The molecule has 0 unspecified atom stereocenters.